The van der Waals surface area contributed by atoms with E-state index in [0.717, 1.165) is 21.7 Å². The van der Waals surface area contributed by atoms with E-state index in [4.69, 9.17) is 11.6 Å². The Balaban J connectivity index is 2.16. The fourth-order valence-corrected chi connectivity index (χ4v) is 2.36. The number of rotatable bonds is 3. The maximum absolute atomic E-state index is 6.15. The van der Waals surface area contributed by atoms with Crippen molar-refractivity contribution < 1.29 is 0 Å². The number of halogens is 2. The van der Waals surface area contributed by atoms with Gasteiger partial charge in [0.2, 0.25) is 0 Å². The lowest BCUT2D eigenvalue weighted by molar-refractivity contribution is 1.11. The third kappa shape index (κ3) is 3.27. The molecule has 1 nitrogen and oxygen atoms in total. The highest BCUT2D eigenvalue weighted by Gasteiger charge is 2.03. The molecule has 18 heavy (non-hydrogen) atoms. The molecule has 0 radical (unpaired) electrons. The van der Waals surface area contributed by atoms with Gasteiger partial charge in [-0.1, -0.05) is 51.3 Å². The number of hydrogen-bond donors (Lipinski definition) is 1. The quantitative estimate of drug-likeness (QED) is 0.804. The van der Waals surface area contributed by atoms with Crippen molar-refractivity contribution in [3.63, 3.8) is 0 Å². The second-order valence-electron chi connectivity index (χ2n) is 4.41. The van der Waals surface area contributed by atoms with Crippen LogP contribution in [0.2, 0.25) is 5.02 Å². The summed E-state index contributed by atoms with van der Waals surface area (Å²) >= 11 is 9.60. The van der Waals surface area contributed by atoms with Gasteiger partial charge in [0.1, 0.15) is 0 Å². The molecule has 0 saturated carbocycles. The lowest BCUT2D eigenvalue weighted by atomic mass is 10.1. The Labute approximate surface area is 121 Å². The van der Waals surface area contributed by atoms with E-state index < -0.39 is 0 Å². The third-order valence-corrected chi connectivity index (χ3v) is 3.73. The number of benzene rings is 2. The SMILES string of the molecule is Cc1ccc(C)c(CNc2cc(Br)ccc2Cl)c1. The van der Waals surface area contributed by atoms with Crippen molar-refractivity contribution in [2.75, 3.05) is 5.32 Å². The van der Waals surface area contributed by atoms with Crippen molar-refractivity contribution in [1.82, 2.24) is 0 Å². The molecule has 3 heteroatoms. The molecule has 1 N–H and O–H groups in total. The van der Waals surface area contributed by atoms with Gasteiger partial charge in [0, 0.05) is 11.0 Å². The van der Waals surface area contributed by atoms with Crippen LogP contribution in [0.1, 0.15) is 16.7 Å². The molecule has 0 spiro atoms. The standard InChI is InChI=1S/C15H15BrClN/c1-10-3-4-11(2)12(7-10)9-18-15-8-13(16)5-6-14(15)17/h3-8,18H,9H2,1-2H3. The maximum Gasteiger partial charge on any atom is 0.0638 e. The summed E-state index contributed by atoms with van der Waals surface area (Å²) in [5.74, 6) is 0. The Kier molecular flexibility index (Phi) is 4.31. The summed E-state index contributed by atoms with van der Waals surface area (Å²) in [6, 6.07) is 12.3. The summed E-state index contributed by atoms with van der Waals surface area (Å²) in [5.41, 5.74) is 4.81. The van der Waals surface area contributed by atoms with Crippen molar-refractivity contribution in [3.05, 3.63) is 62.6 Å². The van der Waals surface area contributed by atoms with Crippen LogP contribution in [0.15, 0.2) is 40.9 Å². The first kappa shape index (κ1) is 13.4. The van der Waals surface area contributed by atoms with E-state index in [-0.39, 0.29) is 0 Å². The molecule has 2 aromatic rings. The molecule has 0 saturated heterocycles. The maximum atomic E-state index is 6.15. The second-order valence-corrected chi connectivity index (χ2v) is 5.73. The molecular formula is C15H15BrClN. The van der Waals surface area contributed by atoms with Crippen LogP contribution in [0.25, 0.3) is 0 Å². The molecule has 0 aliphatic carbocycles. The molecule has 0 heterocycles. The number of nitrogens with one attached hydrogen (secondary N) is 1. The zero-order valence-electron chi connectivity index (χ0n) is 10.4. The average molecular weight is 325 g/mol. The Morgan fingerprint density at radius 2 is 1.89 bits per heavy atom. The van der Waals surface area contributed by atoms with Gasteiger partial charge in [0.15, 0.2) is 0 Å². The number of anilines is 1. The molecule has 0 aliphatic heterocycles. The van der Waals surface area contributed by atoms with Crippen LogP contribution in [-0.2, 0) is 6.54 Å². The highest BCUT2D eigenvalue weighted by atomic mass is 79.9. The Morgan fingerprint density at radius 1 is 1.11 bits per heavy atom. The van der Waals surface area contributed by atoms with Crippen LogP contribution in [0.3, 0.4) is 0 Å². The molecule has 2 aromatic carbocycles. The second kappa shape index (κ2) is 5.77. The number of hydrogen-bond acceptors (Lipinski definition) is 1. The van der Waals surface area contributed by atoms with Gasteiger partial charge in [-0.25, -0.2) is 0 Å². The molecule has 0 atom stereocenters. The first-order valence-corrected chi connectivity index (χ1v) is 6.98. The monoisotopic (exact) mass is 323 g/mol. The van der Waals surface area contributed by atoms with E-state index in [1.54, 1.807) is 0 Å². The molecule has 2 rings (SSSR count). The molecule has 0 fully saturated rings. The van der Waals surface area contributed by atoms with Crippen LogP contribution < -0.4 is 5.32 Å². The van der Waals surface area contributed by atoms with E-state index in [0.29, 0.717) is 0 Å². The van der Waals surface area contributed by atoms with E-state index in [1.807, 2.05) is 18.2 Å². The third-order valence-electron chi connectivity index (χ3n) is 2.90. The molecular weight excluding hydrogens is 310 g/mol. The minimum absolute atomic E-state index is 0.739. The summed E-state index contributed by atoms with van der Waals surface area (Å²) in [5, 5.41) is 4.12. The predicted molar refractivity (Wildman–Crippen MR) is 82.4 cm³/mol. The van der Waals surface area contributed by atoms with Crippen LogP contribution in [0.4, 0.5) is 5.69 Å². The summed E-state index contributed by atoms with van der Waals surface area (Å²) < 4.78 is 1.02. The Bertz CT molecular complexity index is 515. The lowest BCUT2D eigenvalue weighted by Gasteiger charge is -2.11. The van der Waals surface area contributed by atoms with Crippen LogP contribution in [-0.4, -0.2) is 0 Å². The van der Waals surface area contributed by atoms with Gasteiger partial charge in [0.25, 0.3) is 0 Å². The van der Waals surface area contributed by atoms with Crippen molar-refractivity contribution >= 4 is 33.2 Å². The summed E-state index contributed by atoms with van der Waals surface area (Å²) in [6.07, 6.45) is 0. The Hall–Kier alpha value is -0.990. The molecule has 0 bridgehead atoms. The minimum atomic E-state index is 0.739. The first-order chi connectivity index (χ1) is 8.56. The zero-order chi connectivity index (χ0) is 13.1. The van der Waals surface area contributed by atoms with E-state index in [1.165, 1.54) is 16.7 Å². The van der Waals surface area contributed by atoms with Crippen molar-refractivity contribution in [2.45, 2.75) is 20.4 Å². The molecule has 0 unspecified atom stereocenters. The summed E-state index contributed by atoms with van der Waals surface area (Å²) in [7, 11) is 0. The van der Waals surface area contributed by atoms with Gasteiger partial charge < -0.3 is 5.32 Å². The van der Waals surface area contributed by atoms with Crippen LogP contribution >= 0.6 is 27.5 Å². The average Bonchev–Trinajstić information content (AvgIpc) is 2.34. The van der Waals surface area contributed by atoms with Gasteiger partial charge in [-0.05, 0) is 43.2 Å². The van der Waals surface area contributed by atoms with Gasteiger partial charge in [-0.3, -0.25) is 0 Å². The van der Waals surface area contributed by atoms with Crippen molar-refractivity contribution in [3.8, 4) is 0 Å². The number of aryl methyl sites for hydroxylation is 2. The lowest BCUT2D eigenvalue weighted by Crippen LogP contribution is -2.02. The first-order valence-electron chi connectivity index (χ1n) is 5.81. The largest absolute Gasteiger partial charge is 0.380 e. The Morgan fingerprint density at radius 3 is 2.67 bits per heavy atom. The van der Waals surface area contributed by atoms with Crippen LogP contribution in [0, 0.1) is 13.8 Å². The molecule has 0 amide bonds. The molecule has 0 aliphatic rings. The zero-order valence-corrected chi connectivity index (χ0v) is 12.8. The highest BCUT2D eigenvalue weighted by molar-refractivity contribution is 9.10. The summed E-state index contributed by atoms with van der Waals surface area (Å²) in [6.45, 7) is 5.01. The van der Waals surface area contributed by atoms with E-state index in [9.17, 15) is 0 Å². The topological polar surface area (TPSA) is 12.0 Å². The van der Waals surface area contributed by atoms with Crippen LogP contribution in [0.5, 0.6) is 0 Å². The normalized spacial score (nSPS) is 10.4. The minimum Gasteiger partial charge on any atom is -0.380 e. The van der Waals surface area contributed by atoms with Gasteiger partial charge >= 0.3 is 0 Å². The molecule has 0 aromatic heterocycles. The fourth-order valence-electron chi connectivity index (χ4n) is 1.81. The van der Waals surface area contributed by atoms with Gasteiger partial charge in [0.05, 0.1) is 10.7 Å². The smallest absolute Gasteiger partial charge is 0.0638 e. The van der Waals surface area contributed by atoms with E-state index >= 15 is 0 Å². The van der Waals surface area contributed by atoms with Gasteiger partial charge in [-0.2, -0.15) is 0 Å². The van der Waals surface area contributed by atoms with Gasteiger partial charge in [-0.15, -0.1) is 0 Å². The van der Waals surface area contributed by atoms with Crippen molar-refractivity contribution in [2.24, 2.45) is 0 Å². The summed E-state index contributed by atoms with van der Waals surface area (Å²) in [4.78, 5) is 0. The predicted octanol–water partition coefficient (Wildman–Crippen LogP) is 5.33. The van der Waals surface area contributed by atoms with Crippen molar-refractivity contribution in [1.29, 1.82) is 0 Å². The van der Waals surface area contributed by atoms with E-state index in [2.05, 4.69) is 53.3 Å². The molecule has 94 valence electrons. The highest BCUT2D eigenvalue weighted by Crippen LogP contribution is 2.26. The fraction of sp³-hybridized carbons (Fsp3) is 0.200.